The Morgan fingerprint density at radius 1 is 0.565 bits per heavy atom. The second kappa shape index (κ2) is 4.31. The first-order valence-corrected chi connectivity index (χ1v) is 10.4. The van der Waals surface area contributed by atoms with E-state index in [0.717, 1.165) is 35.5 Å². The summed E-state index contributed by atoms with van der Waals surface area (Å²) in [5, 5.41) is 0. The Bertz CT molecular complexity index is 480. The van der Waals surface area contributed by atoms with Crippen molar-refractivity contribution in [2.75, 3.05) is 0 Å². The van der Waals surface area contributed by atoms with Crippen LogP contribution >= 0.6 is 0 Å². The van der Waals surface area contributed by atoms with Gasteiger partial charge in [-0.15, -0.1) is 0 Å². The molecule has 0 N–H and O–H groups in total. The van der Waals surface area contributed by atoms with Crippen LogP contribution in [-0.4, -0.2) is 10.5 Å². The lowest BCUT2D eigenvalue weighted by atomic mass is 9.41. The van der Waals surface area contributed by atoms with Gasteiger partial charge in [-0.2, -0.15) is 4.79 Å². The molecular formula is C21H30N2. The number of rotatable bonds is 2. The van der Waals surface area contributed by atoms with Gasteiger partial charge in [-0.3, -0.25) is 0 Å². The molecule has 0 aromatic heterocycles. The van der Waals surface area contributed by atoms with Crippen molar-refractivity contribution in [3.8, 4) is 0 Å². The molecule has 8 aliphatic rings. The summed E-state index contributed by atoms with van der Waals surface area (Å²) in [6.45, 7) is 0. The SMILES string of the molecule is [N-]=[N+]=C(C12CC3CC(CC(C3)C1)C2)C12CC3CC(CC(C3)C1)C2. The van der Waals surface area contributed by atoms with E-state index in [-0.39, 0.29) is 0 Å². The van der Waals surface area contributed by atoms with Crippen LogP contribution in [0.3, 0.4) is 0 Å². The molecule has 0 spiro atoms. The van der Waals surface area contributed by atoms with Crippen molar-refractivity contribution < 1.29 is 4.79 Å². The van der Waals surface area contributed by atoms with Crippen LogP contribution in [0, 0.1) is 46.3 Å². The summed E-state index contributed by atoms with van der Waals surface area (Å²) in [5.74, 6) is 5.71. The number of hydrogen-bond donors (Lipinski definition) is 0. The van der Waals surface area contributed by atoms with E-state index in [1.807, 2.05) is 0 Å². The average Bonchev–Trinajstić information content (AvgIpc) is 2.43. The maximum atomic E-state index is 10.2. The fraction of sp³-hybridized carbons (Fsp3) is 0.952. The Labute approximate surface area is 140 Å². The van der Waals surface area contributed by atoms with Crippen LogP contribution in [0.2, 0.25) is 0 Å². The quantitative estimate of drug-likeness (QED) is 0.387. The van der Waals surface area contributed by atoms with E-state index >= 15 is 0 Å². The van der Waals surface area contributed by atoms with Gasteiger partial charge in [0.25, 0.3) is 5.71 Å². The van der Waals surface area contributed by atoms with Crippen molar-refractivity contribution in [3.63, 3.8) is 0 Å². The topological polar surface area (TPSA) is 36.4 Å². The van der Waals surface area contributed by atoms with Crippen LogP contribution in [0.1, 0.15) is 77.0 Å². The van der Waals surface area contributed by atoms with E-state index in [4.69, 9.17) is 0 Å². The Morgan fingerprint density at radius 3 is 1.04 bits per heavy atom. The van der Waals surface area contributed by atoms with Crippen molar-refractivity contribution in [2.24, 2.45) is 46.3 Å². The van der Waals surface area contributed by atoms with Crippen LogP contribution in [0.5, 0.6) is 0 Å². The smallest absolute Gasteiger partial charge is 0.281 e. The molecule has 0 amide bonds. The molecule has 0 heterocycles. The highest BCUT2D eigenvalue weighted by Crippen LogP contribution is 2.67. The second-order valence-corrected chi connectivity index (χ2v) is 10.8. The van der Waals surface area contributed by atoms with Gasteiger partial charge in [0.05, 0.1) is 10.8 Å². The number of hydrogen-bond acceptors (Lipinski definition) is 0. The summed E-state index contributed by atoms with van der Waals surface area (Å²) in [6, 6.07) is 0. The van der Waals surface area contributed by atoms with E-state index in [1.165, 1.54) is 82.8 Å². The van der Waals surface area contributed by atoms with Crippen LogP contribution in [-0.2, 0) is 0 Å². The van der Waals surface area contributed by atoms with Gasteiger partial charge < -0.3 is 5.53 Å². The van der Waals surface area contributed by atoms with Crippen molar-refractivity contribution >= 4 is 5.71 Å². The lowest BCUT2D eigenvalue weighted by molar-refractivity contribution is -0.108. The third kappa shape index (κ3) is 1.77. The lowest BCUT2D eigenvalue weighted by Gasteiger charge is -2.60. The van der Waals surface area contributed by atoms with Gasteiger partial charge >= 0.3 is 0 Å². The summed E-state index contributed by atoms with van der Waals surface area (Å²) in [5.41, 5.74) is 12.2. The second-order valence-electron chi connectivity index (χ2n) is 10.8. The summed E-state index contributed by atoms with van der Waals surface area (Å²) in [6.07, 6.45) is 17.1. The highest BCUT2D eigenvalue weighted by molar-refractivity contribution is 5.91. The molecule has 23 heavy (non-hydrogen) atoms. The van der Waals surface area contributed by atoms with E-state index in [1.54, 1.807) is 0 Å². The van der Waals surface area contributed by atoms with Gasteiger partial charge in [-0.05, 0) is 113 Å². The Kier molecular flexibility index (Phi) is 2.56. The van der Waals surface area contributed by atoms with Crippen molar-refractivity contribution in [2.45, 2.75) is 77.0 Å². The molecule has 0 saturated heterocycles. The van der Waals surface area contributed by atoms with Crippen LogP contribution in [0.25, 0.3) is 5.53 Å². The molecule has 2 heteroatoms. The van der Waals surface area contributed by atoms with E-state index in [0.29, 0.717) is 10.8 Å². The molecule has 0 aromatic rings. The zero-order chi connectivity index (χ0) is 15.2. The first kappa shape index (κ1) is 13.6. The molecule has 8 fully saturated rings. The summed E-state index contributed by atoms with van der Waals surface area (Å²) >= 11 is 0. The molecule has 124 valence electrons. The zero-order valence-corrected chi connectivity index (χ0v) is 14.3. The normalized spacial score (nSPS) is 58.4. The maximum Gasteiger partial charge on any atom is 0.281 e. The zero-order valence-electron chi connectivity index (χ0n) is 14.3. The predicted octanol–water partition coefficient (Wildman–Crippen LogP) is 5.09. The Hall–Kier alpha value is -0.620. The van der Waals surface area contributed by atoms with Crippen LogP contribution in [0.4, 0.5) is 0 Å². The maximum absolute atomic E-state index is 10.2. The standard InChI is InChI=1S/C21H30N2/c22-23-19(20-7-13-1-14(8-20)3-15(2-13)9-20)21-10-16-4-17(11-21)6-18(5-16)12-21/h13-18H,1-12H2. The molecule has 8 saturated carbocycles. The van der Waals surface area contributed by atoms with Gasteiger partial charge in [0.15, 0.2) is 0 Å². The first-order valence-electron chi connectivity index (χ1n) is 10.4. The Morgan fingerprint density at radius 2 is 0.826 bits per heavy atom. The molecule has 0 unspecified atom stereocenters. The minimum absolute atomic E-state index is 0.315. The molecule has 8 bridgehead atoms. The van der Waals surface area contributed by atoms with Gasteiger partial charge in [-0.25, -0.2) is 0 Å². The molecule has 0 aromatic carbocycles. The van der Waals surface area contributed by atoms with E-state index in [2.05, 4.69) is 4.79 Å². The van der Waals surface area contributed by atoms with Crippen molar-refractivity contribution in [1.82, 2.24) is 0 Å². The van der Waals surface area contributed by atoms with Crippen LogP contribution in [0.15, 0.2) is 0 Å². The summed E-state index contributed by atoms with van der Waals surface area (Å²) in [4.78, 5) is 4.18. The highest BCUT2D eigenvalue weighted by Gasteiger charge is 2.65. The fourth-order valence-electron chi connectivity index (χ4n) is 9.58. The first-order chi connectivity index (χ1) is 11.2. The molecule has 8 aliphatic carbocycles. The molecule has 8 rings (SSSR count). The summed E-state index contributed by atoms with van der Waals surface area (Å²) in [7, 11) is 0. The molecule has 0 atom stereocenters. The highest BCUT2D eigenvalue weighted by atomic mass is 14.9. The number of nitrogens with zero attached hydrogens (tertiary/aromatic N) is 2. The van der Waals surface area contributed by atoms with E-state index in [9.17, 15) is 5.53 Å². The van der Waals surface area contributed by atoms with Gasteiger partial charge in [0.1, 0.15) is 0 Å². The van der Waals surface area contributed by atoms with Gasteiger partial charge in [-0.1, -0.05) is 0 Å². The fourth-order valence-corrected chi connectivity index (χ4v) is 9.58. The monoisotopic (exact) mass is 310 g/mol. The third-order valence-electron chi connectivity index (χ3n) is 9.18. The largest absolute Gasteiger partial charge is 0.362 e. The molecule has 2 nitrogen and oxygen atoms in total. The van der Waals surface area contributed by atoms with Gasteiger partial charge in [0, 0.05) is 0 Å². The van der Waals surface area contributed by atoms with Crippen molar-refractivity contribution in [3.05, 3.63) is 5.53 Å². The molecular weight excluding hydrogens is 280 g/mol. The van der Waals surface area contributed by atoms with E-state index < -0.39 is 0 Å². The predicted molar refractivity (Wildman–Crippen MR) is 89.8 cm³/mol. The minimum Gasteiger partial charge on any atom is -0.362 e. The average molecular weight is 310 g/mol. The molecule has 0 radical (unpaired) electrons. The lowest BCUT2D eigenvalue weighted by Crippen LogP contribution is -2.59. The third-order valence-corrected chi connectivity index (χ3v) is 9.18. The van der Waals surface area contributed by atoms with Crippen molar-refractivity contribution in [1.29, 1.82) is 0 Å². The minimum atomic E-state index is 0.315. The Balaban J connectivity index is 1.42. The van der Waals surface area contributed by atoms with Crippen LogP contribution < -0.4 is 0 Å². The van der Waals surface area contributed by atoms with Gasteiger partial charge in [0.2, 0.25) is 0 Å². The molecule has 0 aliphatic heterocycles. The summed E-state index contributed by atoms with van der Waals surface area (Å²) < 4.78 is 0.